The number of hydrogen-bond acceptors (Lipinski definition) is 4. The number of hydrogen-bond donors (Lipinski definition) is 1. The fourth-order valence-electron chi connectivity index (χ4n) is 1.74. The van der Waals surface area contributed by atoms with Gasteiger partial charge >= 0.3 is 0 Å². The minimum atomic E-state index is -0.396. The van der Waals surface area contributed by atoms with E-state index in [4.69, 9.17) is 9.47 Å². The Labute approximate surface area is 85.8 Å². The first-order chi connectivity index (χ1) is 6.63. The highest BCUT2D eigenvalue weighted by atomic mass is 16.5. The number of methoxy groups -OCH3 is 1. The Balaban J connectivity index is 2.33. The number of morpholine rings is 1. The van der Waals surface area contributed by atoms with Crippen LogP contribution in [0.3, 0.4) is 0 Å². The normalized spacial score (nSPS) is 31.7. The topological polar surface area (TPSA) is 41.9 Å². The molecule has 4 heteroatoms. The van der Waals surface area contributed by atoms with Gasteiger partial charge in [0.25, 0.3) is 0 Å². The van der Waals surface area contributed by atoms with E-state index in [0.717, 1.165) is 13.2 Å². The van der Waals surface area contributed by atoms with E-state index in [1.165, 1.54) is 0 Å². The molecule has 1 N–H and O–H groups in total. The Kier molecular flexibility index (Phi) is 4.81. The van der Waals surface area contributed by atoms with E-state index in [1.807, 2.05) is 0 Å². The molecule has 0 saturated carbocycles. The molecule has 0 amide bonds. The van der Waals surface area contributed by atoms with Gasteiger partial charge in [-0.1, -0.05) is 0 Å². The van der Waals surface area contributed by atoms with Crippen molar-refractivity contribution in [2.45, 2.75) is 32.1 Å². The highest BCUT2D eigenvalue weighted by Crippen LogP contribution is 2.11. The van der Waals surface area contributed by atoms with Gasteiger partial charge in [-0.05, 0) is 13.8 Å². The minimum Gasteiger partial charge on any atom is -0.389 e. The largest absolute Gasteiger partial charge is 0.389 e. The van der Waals surface area contributed by atoms with E-state index in [2.05, 4.69) is 18.7 Å². The van der Waals surface area contributed by atoms with Gasteiger partial charge in [0.1, 0.15) is 0 Å². The monoisotopic (exact) mass is 203 g/mol. The van der Waals surface area contributed by atoms with Crippen LogP contribution in [0.1, 0.15) is 13.8 Å². The third-order valence-electron chi connectivity index (χ3n) is 2.54. The van der Waals surface area contributed by atoms with Crippen LogP contribution in [-0.2, 0) is 9.47 Å². The van der Waals surface area contributed by atoms with Gasteiger partial charge in [0.05, 0.1) is 25.4 Å². The van der Waals surface area contributed by atoms with Crippen LogP contribution >= 0.6 is 0 Å². The fraction of sp³-hybridized carbons (Fsp3) is 1.00. The van der Waals surface area contributed by atoms with Crippen molar-refractivity contribution < 1.29 is 14.6 Å². The first-order valence-electron chi connectivity index (χ1n) is 5.16. The summed E-state index contributed by atoms with van der Waals surface area (Å²) in [5.74, 6) is 0. The second kappa shape index (κ2) is 5.66. The van der Waals surface area contributed by atoms with Crippen LogP contribution in [0.4, 0.5) is 0 Å². The lowest BCUT2D eigenvalue weighted by Gasteiger charge is -2.37. The Morgan fingerprint density at radius 1 is 1.57 bits per heavy atom. The molecule has 0 spiro atoms. The summed E-state index contributed by atoms with van der Waals surface area (Å²) in [6, 6.07) is 0.387. The first kappa shape index (κ1) is 11.9. The molecule has 1 heterocycles. The average molecular weight is 203 g/mol. The lowest BCUT2D eigenvalue weighted by atomic mass is 10.2. The molecule has 1 aliphatic heterocycles. The molecule has 0 aliphatic carbocycles. The summed E-state index contributed by atoms with van der Waals surface area (Å²) in [7, 11) is 1.61. The van der Waals surface area contributed by atoms with Crippen LogP contribution in [0.15, 0.2) is 0 Å². The molecule has 1 aliphatic rings. The molecule has 1 saturated heterocycles. The van der Waals surface area contributed by atoms with Gasteiger partial charge in [-0.15, -0.1) is 0 Å². The fourth-order valence-corrected chi connectivity index (χ4v) is 1.74. The average Bonchev–Trinajstić information content (AvgIpc) is 2.12. The number of aliphatic hydroxyl groups is 1. The molecule has 1 rings (SSSR count). The second-order valence-electron chi connectivity index (χ2n) is 4.06. The van der Waals surface area contributed by atoms with Gasteiger partial charge in [0, 0.05) is 26.2 Å². The summed E-state index contributed by atoms with van der Waals surface area (Å²) < 4.78 is 10.4. The number of ether oxygens (including phenoxy) is 2. The maximum Gasteiger partial charge on any atom is 0.0900 e. The van der Waals surface area contributed by atoms with Crippen molar-refractivity contribution in [2.24, 2.45) is 0 Å². The Morgan fingerprint density at radius 3 is 2.93 bits per heavy atom. The SMILES string of the molecule is COCC(O)CN1CC(C)OCC1C. The molecule has 0 aromatic carbocycles. The number of β-amino-alcohol motifs (C(OH)–C–C–N with tert-alkyl or cyclic N) is 1. The van der Waals surface area contributed by atoms with Gasteiger partial charge in [-0.2, -0.15) is 0 Å². The number of nitrogens with zero attached hydrogens (tertiary/aromatic N) is 1. The lowest BCUT2D eigenvalue weighted by molar-refractivity contribution is -0.0679. The number of rotatable bonds is 4. The van der Waals surface area contributed by atoms with E-state index in [9.17, 15) is 5.11 Å². The van der Waals surface area contributed by atoms with Gasteiger partial charge in [0.15, 0.2) is 0 Å². The zero-order valence-corrected chi connectivity index (χ0v) is 9.27. The molecule has 1 fully saturated rings. The maximum absolute atomic E-state index is 9.60. The lowest BCUT2D eigenvalue weighted by Crippen LogP contribution is -2.50. The maximum atomic E-state index is 9.60. The van der Waals surface area contributed by atoms with E-state index in [0.29, 0.717) is 19.2 Å². The van der Waals surface area contributed by atoms with Crippen LogP contribution < -0.4 is 0 Å². The summed E-state index contributed by atoms with van der Waals surface area (Å²) in [4.78, 5) is 2.25. The van der Waals surface area contributed by atoms with Gasteiger partial charge in [-0.3, -0.25) is 4.90 Å². The second-order valence-corrected chi connectivity index (χ2v) is 4.06. The molecule has 0 aromatic heterocycles. The molecule has 84 valence electrons. The van der Waals surface area contributed by atoms with Crippen LogP contribution in [0, 0.1) is 0 Å². The molecule has 3 atom stereocenters. The van der Waals surface area contributed by atoms with E-state index in [1.54, 1.807) is 7.11 Å². The van der Waals surface area contributed by atoms with Crippen molar-refractivity contribution in [1.29, 1.82) is 0 Å². The van der Waals surface area contributed by atoms with E-state index < -0.39 is 6.10 Å². The van der Waals surface area contributed by atoms with Crippen molar-refractivity contribution in [3.63, 3.8) is 0 Å². The van der Waals surface area contributed by atoms with Crippen LogP contribution in [-0.4, -0.2) is 61.7 Å². The minimum absolute atomic E-state index is 0.265. The Hall–Kier alpha value is -0.160. The van der Waals surface area contributed by atoms with Crippen molar-refractivity contribution in [2.75, 3.05) is 33.4 Å². The van der Waals surface area contributed by atoms with Gasteiger partial charge < -0.3 is 14.6 Å². The van der Waals surface area contributed by atoms with Gasteiger partial charge in [0.2, 0.25) is 0 Å². The van der Waals surface area contributed by atoms with Crippen LogP contribution in [0.2, 0.25) is 0 Å². The van der Waals surface area contributed by atoms with Crippen LogP contribution in [0.25, 0.3) is 0 Å². The zero-order chi connectivity index (χ0) is 10.6. The number of aliphatic hydroxyl groups excluding tert-OH is 1. The first-order valence-corrected chi connectivity index (χ1v) is 5.16. The van der Waals surface area contributed by atoms with E-state index >= 15 is 0 Å². The predicted octanol–water partition coefficient (Wildman–Crippen LogP) is 0.103. The molecular formula is C10H21NO3. The quantitative estimate of drug-likeness (QED) is 0.704. The van der Waals surface area contributed by atoms with Crippen molar-refractivity contribution in [3.8, 4) is 0 Å². The summed E-state index contributed by atoms with van der Waals surface area (Å²) in [5.41, 5.74) is 0. The standard InChI is InChI=1S/C10H21NO3/c1-8-6-14-9(2)4-11(8)5-10(12)7-13-3/h8-10,12H,4-7H2,1-3H3. The van der Waals surface area contributed by atoms with Gasteiger partial charge in [-0.25, -0.2) is 0 Å². The Bertz CT molecular complexity index is 165. The van der Waals surface area contributed by atoms with Crippen LogP contribution in [0.5, 0.6) is 0 Å². The summed E-state index contributed by atoms with van der Waals surface area (Å²) in [5, 5.41) is 9.60. The summed E-state index contributed by atoms with van der Waals surface area (Å²) >= 11 is 0. The van der Waals surface area contributed by atoms with E-state index in [-0.39, 0.29) is 6.10 Å². The van der Waals surface area contributed by atoms with Crippen molar-refractivity contribution in [3.05, 3.63) is 0 Å². The molecule has 0 bridgehead atoms. The highest BCUT2D eigenvalue weighted by Gasteiger charge is 2.24. The molecule has 4 nitrogen and oxygen atoms in total. The molecule has 0 aromatic rings. The highest BCUT2D eigenvalue weighted by molar-refractivity contribution is 4.77. The third-order valence-corrected chi connectivity index (χ3v) is 2.54. The van der Waals surface area contributed by atoms with Crippen molar-refractivity contribution >= 4 is 0 Å². The molecular weight excluding hydrogens is 182 g/mol. The summed E-state index contributed by atoms with van der Waals surface area (Å²) in [6.45, 7) is 6.89. The zero-order valence-electron chi connectivity index (χ0n) is 9.27. The summed E-state index contributed by atoms with van der Waals surface area (Å²) in [6.07, 6.45) is -0.131. The molecule has 14 heavy (non-hydrogen) atoms. The smallest absolute Gasteiger partial charge is 0.0900 e. The predicted molar refractivity (Wildman–Crippen MR) is 54.3 cm³/mol. The molecule has 0 radical (unpaired) electrons. The third kappa shape index (κ3) is 3.53. The molecule has 3 unspecified atom stereocenters. The Morgan fingerprint density at radius 2 is 2.29 bits per heavy atom. The van der Waals surface area contributed by atoms with Crippen molar-refractivity contribution in [1.82, 2.24) is 4.90 Å².